The van der Waals surface area contributed by atoms with Crippen molar-refractivity contribution >= 4 is 35.2 Å². The molecule has 2 aromatic rings. The lowest BCUT2D eigenvalue weighted by Gasteiger charge is -2.10. The Labute approximate surface area is 169 Å². The van der Waals surface area contributed by atoms with Gasteiger partial charge < -0.3 is 4.74 Å². The Morgan fingerprint density at radius 3 is 2.39 bits per heavy atom. The molecule has 0 spiro atoms. The highest BCUT2D eigenvalue weighted by molar-refractivity contribution is 7.80. The van der Waals surface area contributed by atoms with Gasteiger partial charge in [-0.15, -0.1) is 0 Å². The number of carbonyl (C=O) groups excluding carboxylic acids is 2. The zero-order valence-corrected chi connectivity index (χ0v) is 16.2. The molecule has 0 fully saturated rings. The summed E-state index contributed by atoms with van der Waals surface area (Å²) < 4.78 is 5.35. The van der Waals surface area contributed by atoms with Crippen molar-refractivity contribution in [1.82, 2.24) is 16.2 Å². The molecule has 0 unspecified atom stereocenters. The third kappa shape index (κ3) is 7.05. The molecule has 7 heteroatoms. The topological polar surface area (TPSA) is 79.5 Å². The van der Waals surface area contributed by atoms with Gasteiger partial charge in [-0.25, -0.2) is 0 Å². The van der Waals surface area contributed by atoms with Crippen LogP contribution in [0.2, 0.25) is 0 Å². The Morgan fingerprint density at radius 2 is 1.75 bits per heavy atom. The number of benzene rings is 2. The Hall–Kier alpha value is -3.45. The van der Waals surface area contributed by atoms with E-state index in [1.165, 1.54) is 6.08 Å². The van der Waals surface area contributed by atoms with E-state index in [9.17, 15) is 9.59 Å². The SMILES string of the molecule is C=CCOc1ccc(C(=O)NNC(=S)NC(=O)C=Cc2ccc(C)cc2)cc1. The number of thiocarbonyl (C=S) groups is 1. The first kappa shape index (κ1) is 20.9. The maximum atomic E-state index is 12.1. The van der Waals surface area contributed by atoms with Crippen LogP contribution in [0.4, 0.5) is 0 Å². The second-order valence-corrected chi connectivity index (χ2v) is 6.17. The summed E-state index contributed by atoms with van der Waals surface area (Å²) in [7, 11) is 0. The van der Waals surface area contributed by atoms with E-state index in [1.54, 1.807) is 36.4 Å². The number of carbonyl (C=O) groups is 2. The maximum absolute atomic E-state index is 12.1. The van der Waals surface area contributed by atoms with Gasteiger partial charge in [-0.05, 0) is 55.0 Å². The molecule has 0 aliphatic rings. The van der Waals surface area contributed by atoms with Crippen molar-refractivity contribution in [3.05, 3.63) is 84.0 Å². The van der Waals surface area contributed by atoms with Crippen molar-refractivity contribution in [3.63, 3.8) is 0 Å². The summed E-state index contributed by atoms with van der Waals surface area (Å²) >= 11 is 4.99. The smallest absolute Gasteiger partial charge is 0.269 e. The summed E-state index contributed by atoms with van der Waals surface area (Å²) in [5.41, 5.74) is 7.35. The molecule has 0 aliphatic heterocycles. The number of hydrogen-bond donors (Lipinski definition) is 3. The third-order valence-electron chi connectivity index (χ3n) is 3.52. The molecule has 6 nitrogen and oxygen atoms in total. The van der Waals surface area contributed by atoms with Gasteiger partial charge in [0.1, 0.15) is 12.4 Å². The molecule has 0 bridgehead atoms. The van der Waals surface area contributed by atoms with Crippen LogP contribution in [-0.4, -0.2) is 23.5 Å². The lowest BCUT2D eigenvalue weighted by molar-refractivity contribution is -0.115. The highest BCUT2D eigenvalue weighted by Crippen LogP contribution is 2.12. The summed E-state index contributed by atoms with van der Waals surface area (Å²) in [6, 6.07) is 14.3. The van der Waals surface area contributed by atoms with Crippen molar-refractivity contribution in [1.29, 1.82) is 0 Å². The second kappa shape index (κ2) is 10.6. The van der Waals surface area contributed by atoms with E-state index in [4.69, 9.17) is 17.0 Å². The maximum Gasteiger partial charge on any atom is 0.269 e. The van der Waals surface area contributed by atoms with Crippen LogP contribution in [0, 0.1) is 6.92 Å². The monoisotopic (exact) mass is 395 g/mol. The minimum absolute atomic E-state index is 0.0159. The van der Waals surface area contributed by atoms with Crippen LogP contribution in [-0.2, 0) is 4.79 Å². The molecule has 0 heterocycles. The highest BCUT2D eigenvalue weighted by Gasteiger charge is 2.07. The van der Waals surface area contributed by atoms with Crippen molar-refractivity contribution in [2.24, 2.45) is 0 Å². The first-order valence-electron chi connectivity index (χ1n) is 8.48. The van der Waals surface area contributed by atoms with Gasteiger partial charge in [0.25, 0.3) is 5.91 Å². The molecular formula is C21H21N3O3S. The Bertz CT molecular complexity index is 875. The molecule has 0 aliphatic carbocycles. The number of aryl methyl sites for hydroxylation is 1. The van der Waals surface area contributed by atoms with Crippen LogP contribution in [0.1, 0.15) is 21.5 Å². The van der Waals surface area contributed by atoms with Gasteiger partial charge in [-0.3, -0.25) is 25.8 Å². The van der Waals surface area contributed by atoms with Crippen LogP contribution in [0.3, 0.4) is 0 Å². The Balaban J connectivity index is 1.77. The van der Waals surface area contributed by atoms with Crippen LogP contribution < -0.4 is 20.9 Å². The zero-order chi connectivity index (χ0) is 20.4. The van der Waals surface area contributed by atoms with Gasteiger partial charge in [0.15, 0.2) is 5.11 Å². The molecule has 0 atom stereocenters. The van der Waals surface area contributed by atoms with Gasteiger partial charge in [-0.2, -0.15) is 0 Å². The fourth-order valence-electron chi connectivity index (χ4n) is 2.08. The van der Waals surface area contributed by atoms with Crippen molar-refractivity contribution in [2.75, 3.05) is 6.61 Å². The van der Waals surface area contributed by atoms with Crippen LogP contribution in [0.25, 0.3) is 6.08 Å². The van der Waals surface area contributed by atoms with Crippen molar-refractivity contribution < 1.29 is 14.3 Å². The van der Waals surface area contributed by atoms with E-state index in [0.29, 0.717) is 17.9 Å². The normalized spacial score (nSPS) is 10.2. The first-order chi connectivity index (χ1) is 13.5. The number of ether oxygens (including phenoxy) is 1. The van der Waals surface area contributed by atoms with Gasteiger partial charge in [0.2, 0.25) is 5.91 Å². The molecule has 3 N–H and O–H groups in total. The van der Waals surface area contributed by atoms with Crippen molar-refractivity contribution in [2.45, 2.75) is 6.92 Å². The summed E-state index contributed by atoms with van der Waals surface area (Å²) in [5.74, 6) is -0.175. The molecule has 0 saturated carbocycles. The Kier molecular flexibility index (Phi) is 7.92. The van der Waals surface area contributed by atoms with Crippen LogP contribution in [0.5, 0.6) is 5.75 Å². The minimum atomic E-state index is -0.406. The molecule has 2 aromatic carbocycles. The fraction of sp³-hybridized carbons (Fsp3) is 0.0952. The number of rotatable bonds is 6. The van der Waals surface area contributed by atoms with Gasteiger partial charge in [0, 0.05) is 11.6 Å². The second-order valence-electron chi connectivity index (χ2n) is 5.77. The largest absolute Gasteiger partial charge is 0.490 e. The quantitative estimate of drug-likeness (QED) is 0.303. The molecule has 0 saturated heterocycles. The predicted molar refractivity (Wildman–Crippen MR) is 114 cm³/mol. The zero-order valence-electron chi connectivity index (χ0n) is 15.4. The molecule has 0 radical (unpaired) electrons. The molecule has 28 heavy (non-hydrogen) atoms. The van der Waals surface area contributed by atoms with Crippen LogP contribution in [0.15, 0.2) is 67.3 Å². The third-order valence-corrected chi connectivity index (χ3v) is 3.72. The number of hydrogen-bond acceptors (Lipinski definition) is 4. The number of nitrogens with one attached hydrogen (secondary N) is 3. The van der Waals surface area contributed by atoms with Crippen molar-refractivity contribution in [3.8, 4) is 5.75 Å². The molecule has 2 rings (SSSR count). The highest BCUT2D eigenvalue weighted by atomic mass is 32.1. The summed E-state index contributed by atoms with van der Waals surface area (Å²) in [5, 5.41) is 2.44. The van der Waals surface area contributed by atoms with E-state index in [0.717, 1.165) is 11.1 Å². The standard InChI is InChI=1S/C21H21N3O3S/c1-3-14-27-18-11-9-17(10-12-18)20(26)23-24-21(28)22-19(25)13-8-16-6-4-15(2)5-7-16/h3-13H,1,14H2,2H3,(H,23,26)(H2,22,24,25,28). The number of amides is 2. The Morgan fingerprint density at radius 1 is 1.07 bits per heavy atom. The lowest BCUT2D eigenvalue weighted by Crippen LogP contribution is -2.48. The molecule has 2 amide bonds. The average molecular weight is 395 g/mol. The number of hydrazine groups is 1. The van der Waals surface area contributed by atoms with E-state index in [-0.39, 0.29) is 5.11 Å². The lowest BCUT2D eigenvalue weighted by atomic mass is 10.1. The van der Waals surface area contributed by atoms with Crippen LogP contribution >= 0.6 is 12.2 Å². The van der Waals surface area contributed by atoms with E-state index in [1.807, 2.05) is 31.2 Å². The minimum Gasteiger partial charge on any atom is -0.490 e. The van der Waals surface area contributed by atoms with Gasteiger partial charge in [0.05, 0.1) is 0 Å². The van der Waals surface area contributed by atoms with E-state index >= 15 is 0 Å². The van der Waals surface area contributed by atoms with E-state index < -0.39 is 11.8 Å². The van der Waals surface area contributed by atoms with Gasteiger partial charge >= 0.3 is 0 Å². The molecule has 0 aromatic heterocycles. The summed E-state index contributed by atoms with van der Waals surface area (Å²) in [4.78, 5) is 24.0. The van der Waals surface area contributed by atoms with Gasteiger partial charge in [-0.1, -0.05) is 42.5 Å². The summed E-state index contributed by atoms with van der Waals surface area (Å²) in [6.45, 7) is 5.95. The predicted octanol–water partition coefficient (Wildman–Crippen LogP) is 2.91. The molecule has 144 valence electrons. The first-order valence-corrected chi connectivity index (χ1v) is 8.88. The van der Waals surface area contributed by atoms with E-state index in [2.05, 4.69) is 22.7 Å². The molecular weight excluding hydrogens is 374 g/mol. The fourth-order valence-corrected chi connectivity index (χ4v) is 2.23. The average Bonchev–Trinajstić information content (AvgIpc) is 2.70. The summed E-state index contributed by atoms with van der Waals surface area (Å²) in [6.07, 6.45) is 4.67.